The smallest absolute Gasteiger partial charge is 0.146 e. The van der Waals surface area contributed by atoms with Gasteiger partial charge >= 0.3 is 0 Å². The molecule has 1 heterocycles. The van der Waals surface area contributed by atoms with Gasteiger partial charge in [0.2, 0.25) is 0 Å². The van der Waals surface area contributed by atoms with Crippen molar-refractivity contribution in [2.75, 3.05) is 5.73 Å². The van der Waals surface area contributed by atoms with E-state index in [1.165, 1.54) is 12.4 Å². The summed E-state index contributed by atoms with van der Waals surface area (Å²) in [7, 11) is 0. The number of hydrogen-bond acceptors (Lipinski definition) is 3. The molecule has 0 radical (unpaired) electrons. The van der Waals surface area contributed by atoms with E-state index in [9.17, 15) is 4.39 Å². The maximum atomic E-state index is 13.1. The minimum absolute atomic E-state index is 0.127. The van der Waals surface area contributed by atoms with Gasteiger partial charge in [-0.05, 0) is 6.07 Å². The number of aromatic nitrogens is 2. The van der Waals surface area contributed by atoms with Gasteiger partial charge in [0.1, 0.15) is 12.1 Å². The van der Waals surface area contributed by atoms with Crippen LogP contribution < -0.4 is 5.73 Å². The average molecular weight is 189 g/mol. The summed E-state index contributed by atoms with van der Waals surface area (Å²) >= 11 is 0. The van der Waals surface area contributed by atoms with Gasteiger partial charge in [-0.15, -0.1) is 0 Å². The van der Waals surface area contributed by atoms with Crippen molar-refractivity contribution in [1.82, 2.24) is 9.97 Å². The molecule has 0 amide bonds. The second-order valence-electron chi connectivity index (χ2n) is 2.83. The van der Waals surface area contributed by atoms with E-state index < -0.39 is 5.82 Å². The average Bonchev–Trinajstić information content (AvgIpc) is 2.23. The van der Waals surface area contributed by atoms with Gasteiger partial charge in [0.15, 0.2) is 0 Å². The molecule has 70 valence electrons. The van der Waals surface area contributed by atoms with Gasteiger partial charge in [-0.3, -0.25) is 0 Å². The fourth-order valence-corrected chi connectivity index (χ4v) is 1.23. The van der Waals surface area contributed by atoms with Crippen molar-refractivity contribution in [3.8, 4) is 11.1 Å². The molecule has 14 heavy (non-hydrogen) atoms. The molecule has 3 nitrogen and oxygen atoms in total. The minimum Gasteiger partial charge on any atom is -0.396 e. The van der Waals surface area contributed by atoms with Crippen LogP contribution in [0, 0.1) is 5.82 Å². The maximum absolute atomic E-state index is 13.1. The zero-order valence-corrected chi connectivity index (χ0v) is 7.31. The number of nitrogens with zero attached hydrogens (tertiary/aromatic N) is 2. The molecule has 2 rings (SSSR count). The first-order chi connectivity index (χ1) is 6.79. The van der Waals surface area contributed by atoms with Gasteiger partial charge < -0.3 is 5.73 Å². The Kier molecular flexibility index (Phi) is 2.10. The van der Waals surface area contributed by atoms with Crippen molar-refractivity contribution in [3.63, 3.8) is 0 Å². The van der Waals surface area contributed by atoms with Crippen LogP contribution >= 0.6 is 0 Å². The number of rotatable bonds is 1. The van der Waals surface area contributed by atoms with Gasteiger partial charge in [-0.25, -0.2) is 14.4 Å². The van der Waals surface area contributed by atoms with Crippen LogP contribution in [0.15, 0.2) is 36.9 Å². The van der Waals surface area contributed by atoms with Gasteiger partial charge in [-0.1, -0.05) is 12.1 Å². The van der Waals surface area contributed by atoms with E-state index >= 15 is 0 Å². The molecule has 1 aromatic heterocycles. The summed E-state index contributed by atoms with van der Waals surface area (Å²) < 4.78 is 13.1. The lowest BCUT2D eigenvalue weighted by molar-refractivity contribution is 0.633. The number of benzene rings is 1. The lowest BCUT2D eigenvalue weighted by atomic mass is 10.1. The first-order valence-corrected chi connectivity index (χ1v) is 4.08. The molecule has 0 aliphatic heterocycles. The summed E-state index contributed by atoms with van der Waals surface area (Å²) in [5.41, 5.74) is 7.04. The zero-order valence-electron chi connectivity index (χ0n) is 7.31. The van der Waals surface area contributed by atoms with Crippen molar-refractivity contribution >= 4 is 5.69 Å². The molecular formula is C10H8FN3. The third-order valence-corrected chi connectivity index (χ3v) is 1.92. The fraction of sp³-hybridized carbons (Fsp3) is 0. The number of halogens is 1. The molecule has 0 saturated heterocycles. The van der Waals surface area contributed by atoms with Crippen molar-refractivity contribution < 1.29 is 4.39 Å². The first kappa shape index (κ1) is 8.62. The number of anilines is 1. The Labute approximate surface area is 80.4 Å². The van der Waals surface area contributed by atoms with Gasteiger partial charge in [-0.2, -0.15) is 0 Å². The number of para-hydroxylation sites is 1. The lowest BCUT2D eigenvalue weighted by Crippen LogP contribution is -1.94. The lowest BCUT2D eigenvalue weighted by Gasteiger charge is -2.04. The summed E-state index contributed by atoms with van der Waals surface area (Å²) in [4.78, 5) is 7.69. The Bertz CT molecular complexity index is 442. The summed E-state index contributed by atoms with van der Waals surface area (Å²) in [5, 5.41) is 0. The number of nitrogen functional groups attached to an aromatic ring is 1. The van der Waals surface area contributed by atoms with E-state index in [0.717, 1.165) is 0 Å². The Hall–Kier alpha value is -1.97. The third kappa shape index (κ3) is 1.42. The summed E-state index contributed by atoms with van der Waals surface area (Å²) in [6, 6.07) is 4.66. The predicted molar refractivity (Wildman–Crippen MR) is 51.8 cm³/mol. The highest BCUT2D eigenvalue weighted by Crippen LogP contribution is 2.26. The molecule has 0 aliphatic carbocycles. The van der Waals surface area contributed by atoms with E-state index in [2.05, 4.69) is 9.97 Å². The highest BCUT2D eigenvalue weighted by molar-refractivity contribution is 5.75. The molecule has 4 heteroatoms. The standard InChI is InChI=1S/C10H8FN3/c11-9-3-1-2-8(10(9)12)7-4-13-6-14-5-7/h1-6H,12H2. The van der Waals surface area contributed by atoms with Crippen LogP contribution in [0.25, 0.3) is 11.1 Å². The molecule has 0 fully saturated rings. The minimum atomic E-state index is -0.425. The Morgan fingerprint density at radius 3 is 2.57 bits per heavy atom. The van der Waals surface area contributed by atoms with Gasteiger partial charge in [0.25, 0.3) is 0 Å². The van der Waals surface area contributed by atoms with Crippen LogP contribution in [-0.4, -0.2) is 9.97 Å². The Morgan fingerprint density at radius 1 is 1.14 bits per heavy atom. The largest absolute Gasteiger partial charge is 0.396 e. The third-order valence-electron chi connectivity index (χ3n) is 1.92. The van der Waals surface area contributed by atoms with Crippen LogP contribution in [-0.2, 0) is 0 Å². The molecule has 2 N–H and O–H groups in total. The molecular weight excluding hydrogens is 181 g/mol. The Balaban J connectivity index is 2.58. The first-order valence-electron chi connectivity index (χ1n) is 4.08. The van der Waals surface area contributed by atoms with Crippen LogP contribution in [0.4, 0.5) is 10.1 Å². The second-order valence-corrected chi connectivity index (χ2v) is 2.83. The SMILES string of the molecule is Nc1c(F)cccc1-c1cncnc1. The summed E-state index contributed by atoms with van der Waals surface area (Å²) in [6.07, 6.45) is 4.61. The van der Waals surface area contributed by atoms with E-state index in [4.69, 9.17) is 5.73 Å². The fourth-order valence-electron chi connectivity index (χ4n) is 1.23. The molecule has 0 saturated carbocycles. The topological polar surface area (TPSA) is 51.8 Å². The Morgan fingerprint density at radius 2 is 1.86 bits per heavy atom. The molecule has 1 aromatic carbocycles. The van der Waals surface area contributed by atoms with Crippen molar-refractivity contribution in [2.45, 2.75) is 0 Å². The molecule has 0 bridgehead atoms. The molecule has 0 aliphatic rings. The van der Waals surface area contributed by atoms with Crippen molar-refractivity contribution in [3.05, 3.63) is 42.7 Å². The van der Waals surface area contributed by atoms with Crippen molar-refractivity contribution in [2.24, 2.45) is 0 Å². The highest BCUT2D eigenvalue weighted by atomic mass is 19.1. The monoisotopic (exact) mass is 189 g/mol. The van der Waals surface area contributed by atoms with Crippen LogP contribution in [0.5, 0.6) is 0 Å². The van der Waals surface area contributed by atoms with Crippen LogP contribution in [0.3, 0.4) is 0 Å². The van der Waals surface area contributed by atoms with Crippen LogP contribution in [0.2, 0.25) is 0 Å². The predicted octanol–water partition coefficient (Wildman–Crippen LogP) is 1.86. The summed E-state index contributed by atoms with van der Waals surface area (Å²) in [6.45, 7) is 0. The molecule has 0 unspecified atom stereocenters. The van der Waals surface area contributed by atoms with E-state index in [1.807, 2.05) is 0 Å². The number of hydrogen-bond donors (Lipinski definition) is 1. The number of nitrogens with two attached hydrogens (primary N) is 1. The van der Waals surface area contributed by atoms with Crippen molar-refractivity contribution in [1.29, 1.82) is 0 Å². The van der Waals surface area contributed by atoms with E-state index in [0.29, 0.717) is 11.1 Å². The molecule has 0 atom stereocenters. The summed E-state index contributed by atoms with van der Waals surface area (Å²) in [5.74, 6) is -0.425. The van der Waals surface area contributed by atoms with Gasteiger partial charge in [0.05, 0.1) is 5.69 Å². The van der Waals surface area contributed by atoms with E-state index in [-0.39, 0.29) is 5.69 Å². The normalized spacial score (nSPS) is 10.1. The molecule has 2 aromatic rings. The quantitative estimate of drug-likeness (QED) is 0.696. The zero-order chi connectivity index (χ0) is 9.97. The van der Waals surface area contributed by atoms with Crippen LogP contribution in [0.1, 0.15) is 0 Å². The highest BCUT2D eigenvalue weighted by Gasteiger charge is 2.06. The van der Waals surface area contributed by atoms with Gasteiger partial charge in [0, 0.05) is 23.5 Å². The second kappa shape index (κ2) is 3.41. The maximum Gasteiger partial charge on any atom is 0.146 e. The molecule has 0 spiro atoms. The van der Waals surface area contributed by atoms with E-state index in [1.54, 1.807) is 24.5 Å².